The van der Waals surface area contributed by atoms with Crippen LogP contribution >= 0.6 is 0 Å². The molecule has 4 aliphatic carbocycles. The van der Waals surface area contributed by atoms with Crippen LogP contribution in [0.3, 0.4) is 0 Å². The van der Waals surface area contributed by atoms with E-state index in [1.54, 1.807) is 0 Å². The second kappa shape index (κ2) is 5.92. The lowest BCUT2D eigenvalue weighted by Crippen LogP contribution is -2.65. The summed E-state index contributed by atoms with van der Waals surface area (Å²) in [4.78, 5) is 17.6. The fraction of sp³-hybridized carbons (Fsp3) is 0.952. The van der Waals surface area contributed by atoms with Gasteiger partial charge in [-0.15, -0.1) is 0 Å². The highest BCUT2D eigenvalue weighted by Crippen LogP contribution is 2.68. The summed E-state index contributed by atoms with van der Waals surface area (Å²) in [6.45, 7) is 4.18. The maximum Gasteiger partial charge on any atom is 0.228 e. The van der Waals surface area contributed by atoms with Crippen molar-refractivity contribution in [2.75, 3.05) is 33.7 Å². The monoisotopic (exact) mass is 364 g/mol. The second-order valence-corrected chi connectivity index (χ2v) is 10.6. The van der Waals surface area contributed by atoms with Crippen molar-refractivity contribution in [2.24, 2.45) is 16.7 Å². The number of likely N-dealkylation sites (tertiary alicyclic amines) is 1. The summed E-state index contributed by atoms with van der Waals surface area (Å²) in [6, 6.07) is 0. The van der Waals surface area contributed by atoms with Gasteiger partial charge in [-0.2, -0.15) is 0 Å². The van der Waals surface area contributed by atoms with Crippen LogP contribution in [-0.4, -0.2) is 70.9 Å². The zero-order chi connectivity index (χ0) is 18.8. The van der Waals surface area contributed by atoms with Crippen LogP contribution in [0.1, 0.15) is 64.7 Å². The van der Waals surface area contributed by atoms with Gasteiger partial charge in [0.05, 0.1) is 16.6 Å². The van der Waals surface area contributed by atoms with Crippen molar-refractivity contribution in [3.8, 4) is 0 Å². The van der Waals surface area contributed by atoms with Crippen molar-refractivity contribution in [1.82, 2.24) is 9.80 Å². The quantitative estimate of drug-likeness (QED) is 0.801. The Morgan fingerprint density at radius 2 is 1.77 bits per heavy atom. The molecule has 0 radical (unpaired) electrons. The zero-order valence-electron chi connectivity index (χ0n) is 16.8. The first kappa shape index (κ1) is 18.7. The zero-order valence-corrected chi connectivity index (χ0v) is 16.8. The van der Waals surface area contributed by atoms with Crippen LogP contribution in [0.4, 0.5) is 0 Å². The van der Waals surface area contributed by atoms with Crippen molar-refractivity contribution in [2.45, 2.75) is 75.9 Å². The third kappa shape index (κ3) is 3.00. The summed E-state index contributed by atoms with van der Waals surface area (Å²) < 4.78 is 0. The summed E-state index contributed by atoms with van der Waals surface area (Å²) in [5, 5.41) is 22.0. The molecule has 0 aromatic heterocycles. The number of carbonyl (C=O) groups excluding carboxylic acids is 1. The Balaban J connectivity index is 1.50. The van der Waals surface area contributed by atoms with E-state index < -0.39 is 11.2 Å². The molecule has 5 nitrogen and oxygen atoms in total. The highest BCUT2D eigenvalue weighted by Gasteiger charge is 2.65. The number of rotatable bonds is 4. The molecular formula is C21H36N2O3. The molecule has 5 rings (SSSR count). The first-order valence-electron chi connectivity index (χ1n) is 10.5. The minimum Gasteiger partial charge on any atom is -0.390 e. The number of piperidine rings is 1. The number of nitrogens with zero attached hydrogens (tertiary/aromatic N) is 2. The van der Waals surface area contributed by atoms with Gasteiger partial charge in [0.25, 0.3) is 0 Å². The maximum absolute atomic E-state index is 13.6. The molecule has 0 spiro atoms. The Labute approximate surface area is 157 Å². The van der Waals surface area contributed by atoms with E-state index in [0.29, 0.717) is 44.8 Å². The van der Waals surface area contributed by atoms with Gasteiger partial charge in [0, 0.05) is 19.6 Å². The van der Waals surface area contributed by atoms with E-state index in [2.05, 4.69) is 6.92 Å². The molecule has 4 bridgehead atoms. The van der Waals surface area contributed by atoms with Crippen LogP contribution < -0.4 is 0 Å². The summed E-state index contributed by atoms with van der Waals surface area (Å²) in [6.07, 6.45) is 7.96. The predicted octanol–water partition coefficient (Wildman–Crippen LogP) is 2.01. The molecule has 5 aliphatic rings. The molecule has 0 aromatic rings. The van der Waals surface area contributed by atoms with Crippen molar-refractivity contribution >= 4 is 5.91 Å². The smallest absolute Gasteiger partial charge is 0.228 e. The second-order valence-electron chi connectivity index (χ2n) is 10.6. The van der Waals surface area contributed by atoms with Gasteiger partial charge in [0.15, 0.2) is 0 Å². The summed E-state index contributed by atoms with van der Waals surface area (Å²) in [5.74, 6) is 0.778. The van der Waals surface area contributed by atoms with Crippen LogP contribution in [0, 0.1) is 16.7 Å². The van der Waals surface area contributed by atoms with E-state index in [-0.39, 0.29) is 16.7 Å². The van der Waals surface area contributed by atoms with Gasteiger partial charge in [-0.25, -0.2) is 0 Å². The van der Waals surface area contributed by atoms with Crippen molar-refractivity contribution in [3.05, 3.63) is 0 Å². The molecule has 0 aromatic carbocycles. The highest BCUT2D eigenvalue weighted by atomic mass is 16.3. The van der Waals surface area contributed by atoms with Gasteiger partial charge in [-0.05, 0) is 76.8 Å². The molecule has 4 saturated carbocycles. The number of aliphatic hydroxyl groups is 2. The van der Waals surface area contributed by atoms with Crippen molar-refractivity contribution < 1.29 is 15.0 Å². The minimum absolute atomic E-state index is 0.172. The first-order valence-corrected chi connectivity index (χ1v) is 10.5. The largest absolute Gasteiger partial charge is 0.390 e. The number of hydrogen-bond donors (Lipinski definition) is 2. The summed E-state index contributed by atoms with van der Waals surface area (Å²) in [7, 11) is 3.96. The normalized spacial score (nSPS) is 43.9. The lowest BCUT2D eigenvalue weighted by atomic mass is 9.42. The Bertz CT molecular complexity index is 586. The molecule has 4 atom stereocenters. The van der Waals surface area contributed by atoms with Gasteiger partial charge in [-0.3, -0.25) is 4.79 Å². The van der Waals surface area contributed by atoms with Gasteiger partial charge in [0.2, 0.25) is 5.91 Å². The first-order chi connectivity index (χ1) is 12.1. The van der Waals surface area contributed by atoms with E-state index in [0.717, 1.165) is 32.1 Å². The molecule has 1 saturated heterocycles. The number of hydrogen-bond acceptors (Lipinski definition) is 4. The fourth-order valence-corrected chi connectivity index (χ4v) is 7.43. The topological polar surface area (TPSA) is 64.0 Å². The van der Waals surface area contributed by atoms with E-state index in [1.807, 2.05) is 23.9 Å². The van der Waals surface area contributed by atoms with Crippen LogP contribution in [0.15, 0.2) is 0 Å². The van der Waals surface area contributed by atoms with E-state index in [4.69, 9.17) is 0 Å². The molecule has 5 fully saturated rings. The standard InChI is InChI=1S/C21H36N2O3/c1-4-18-9-16-10-19(12-18,14-21(26,11-16)13-18)17(24)23-7-5-20(25,6-8-23)15-22(2)3/h16,25-26H,4-15H2,1-3H3. The molecule has 4 unspecified atom stereocenters. The number of likely N-dealkylation sites (N-methyl/N-ethyl adjacent to an activating group) is 1. The van der Waals surface area contributed by atoms with Gasteiger partial charge < -0.3 is 20.0 Å². The van der Waals surface area contributed by atoms with Crippen molar-refractivity contribution in [3.63, 3.8) is 0 Å². The Morgan fingerprint density at radius 1 is 1.08 bits per heavy atom. The fourth-order valence-electron chi connectivity index (χ4n) is 7.43. The third-order valence-electron chi connectivity index (χ3n) is 7.95. The Hall–Kier alpha value is -0.650. The molecule has 5 heteroatoms. The number of carbonyl (C=O) groups is 1. The summed E-state index contributed by atoms with van der Waals surface area (Å²) >= 11 is 0. The minimum atomic E-state index is -0.676. The summed E-state index contributed by atoms with van der Waals surface area (Å²) in [5.41, 5.74) is -1.47. The average molecular weight is 365 g/mol. The number of amides is 1. The Kier molecular flexibility index (Phi) is 4.26. The third-order valence-corrected chi connectivity index (χ3v) is 7.95. The molecule has 26 heavy (non-hydrogen) atoms. The van der Waals surface area contributed by atoms with E-state index in [1.165, 1.54) is 6.42 Å². The van der Waals surface area contributed by atoms with Crippen LogP contribution in [0.25, 0.3) is 0 Å². The van der Waals surface area contributed by atoms with Crippen LogP contribution in [-0.2, 0) is 4.79 Å². The van der Waals surface area contributed by atoms with Crippen LogP contribution in [0.2, 0.25) is 0 Å². The van der Waals surface area contributed by atoms with Gasteiger partial charge in [-0.1, -0.05) is 13.3 Å². The van der Waals surface area contributed by atoms with E-state index >= 15 is 0 Å². The SMILES string of the molecule is CCC12CC3CC(O)(C1)CC(C(=O)N1CCC(O)(CN(C)C)CC1)(C3)C2. The molecule has 1 amide bonds. The molecule has 148 valence electrons. The van der Waals surface area contributed by atoms with E-state index in [9.17, 15) is 15.0 Å². The lowest BCUT2D eigenvalue weighted by molar-refractivity contribution is -0.211. The van der Waals surface area contributed by atoms with Gasteiger partial charge >= 0.3 is 0 Å². The average Bonchev–Trinajstić information content (AvgIpc) is 2.51. The maximum atomic E-state index is 13.6. The molecular weight excluding hydrogens is 328 g/mol. The highest BCUT2D eigenvalue weighted by molar-refractivity contribution is 5.83. The Morgan fingerprint density at radius 3 is 2.35 bits per heavy atom. The van der Waals surface area contributed by atoms with Gasteiger partial charge in [0.1, 0.15) is 0 Å². The molecule has 1 heterocycles. The lowest BCUT2D eigenvalue weighted by Gasteiger charge is -2.65. The molecule has 2 N–H and O–H groups in total. The predicted molar refractivity (Wildman–Crippen MR) is 101 cm³/mol. The van der Waals surface area contributed by atoms with Crippen LogP contribution in [0.5, 0.6) is 0 Å². The van der Waals surface area contributed by atoms with Crippen molar-refractivity contribution in [1.29, 1.82) is 0 Å². The molecule has 1 aliphatic heterocycles.